The number of carboxylic acid groups (broad SMARTS) is 1. The summed E-state index contributed by atoms with van der Waals surface area (Å²) in [4.78, 5) is 13.3. The molecule has 0 aromatic rings. The normalized spacial score (nSPS) is 35.5. The molecule has 2 rings (SSSR count). The van der Waals surface area contributed by atoms with Crippen LogP contribution in [0.1, 0.15) is 39.0 Å². The lowest BCUT2D eigenvalue weighted by Gasteiger charge is -2.37. The van der Waals surface area contributed by atoms with Crippen molar-refractivity contribution in [1.82, 2.24) is 4.90 Å². The standard InChI is InChI=1S/C13H23NO3/c1-2-11(12(16)17)14-7-10-5-3-4-6-13(10,8-14)9-15/h10-11,15H,2-9H2,1H3,(H,16,17)/t10-,11-,13+/m1/s1. The first kappa shape index (κ1) is 12.8. The number of aliphatic carboxylic acids is 1. The quantitative estimate of drug-likeness (QED) is 0.779. The fourth-order valence-electron chi connectivity index (χ4n) is 3.71. The van der Waals surface area contributed by atoms with Crippen molar-refractivity contribution in [1.29, 1.82) is 0 Å². The summed E-state index contributed by atoms with van der Waals surface area (Å²) < 4.78 is 0. The molecule has 0 bridgehead atoms. The second-order valence-corrected chi connectivity index (χ2v) is 5.65. The fraction of sp³-hybridized carbons (Fsp3) is 0.923. The van der Waals surface area contributed by atoms with Crippen molar-refractivity contribution in [3.63, 3.8) is 0 Å². The summed E-state index contributed by atoms with van der Waals surface area (Å²) >= 11 is 0. The smallest absolute Gasteiger partial charge is 0.320 e. The first-order valence-electron chi connectivity index (χ1n) is 6.70. The van der Waals surface area contributed by atoms with E-state index < -0.39 is 5.97 Å². The van der Waals surface area contributed by atoms with Crippen LogP contribution in [0.4, 0.5) is 0 Å². The van der Waals surface area contributed by atoms with Crippen LogP contribution in [0.3, 0.4) is 0 Å². The van der Waals surface area contributed by atoms with Gasteiger partial charge in [0.2, 0.25) is 0 Å². The summed E-state index contributed by atoms with van der Waals surface area (Å²) in [5, 5.41) is 18.9. The minimum absolute atomic E-state index is 0.0128. The minimum Gasteiger partial charge on any atom is -0.480 e. The summed E-state index contributed by atoms with van der Waals surface area (Å²) in [5.41, 5.74) is -0.0128. The second-order valence-electron chi connectivity index (χ2n) is 5.65. The highest BCUT2D eigenvalue weighted by Crippen LogP contribution is 2.47. The number of aliphatic hydroxyl groups excluding tert-OH is 1. The van der Waals surface area contributed by atoms with E-state index in [2.05, 4.69) is 4.90 Å². The van der Waals surface area contributed by atoms with Crippen LogP contribution in [-0.2, 0) is 4.79 Å². The van der Waals surface area contributed by atoms with Gasteiger partial charge in [-0.1, -0.05) is 19.8 Å². The number of aliphatic hydroxyl groups is 1. The SMILES string of the molecule is CC[C@H](C(=O)O)N1C[C@H]2CCCC[C@@]2(CO)C1. The van der Waals surface area contributed by atoms with Crippen LogP contribution in [0.15, 0.2) is 0 Å². The first-order chi connectivity index (χ1) is 8.13. The number of hydrogen-bond donors (Lipinski definition) is 2. The number of likely N-dealkylation sites (tertiary alicyclic amines) is 1. The van der Waals surface area contributed by atoms with Crippen molar-refractivity contribution in [2.24, 2.45) is 11.3 Å². The van der Waals surface area contributed by atoms with Gasteiger partial charge in [-0.25, -0.2) is 0 Å². The highest BCUT2D eigenvalue weighted by molar-refractivity contribution is 5.73. The lowest BCUT2D eigenvalue weighted by atomic mass is 9.69. The predicted molar refractivity (Wildman–Crippen MR) is 64.8 cm³/mol. The highest BCUT2D eigenvalue weighted by Gasteiger charge is 2.49. The van der Waals surface area contributed by atoms with Gasteiger partial charge in [0.15, 0.2) is 0 Å². The van der Waals surface area contributed by atoms with E-state index in [-0.39, 0.29) is 18.1 Å². The van der Waals surface area contributed by atoms with E-state index in [0.717, 1.165) is 25.9 Å². The zero-order valence-electron chi connectivity index (χ0n) is 10.6. The monoisotopic (exact) mass is 241 g/mol. The molecule has 0 unspecified atom stereocenters. The number of nitrogens with zero attached hydrogens (tertiary/aromatic N) is 1. The lowest BCUT2D eigenvalue weighted by Crippen LogP contribution is -2.41. The van der Waals surface area contributed by atoms with Crippen molar-refractivity contribution in [3.05, 3.63) is 0 Å². The topological polar surface area (TPSA) is 60.8 Å². The molecule has 3 atom stereocenters. The molecule has 2 aliphatic rings. The van der Waals surface area contributed by atoms with Crippen molar-refractivity contribution in [2.45, 2.75) is 45.1 Å². The molecule has 1 aliphatic carbocycles. The van der Waals surface area contributed by atoms with Crippen molar-refractivity contribution < 1.29 is 15.0 Å². The Morgan fingerprint density at radius 1 is 1.53 bits per heavy atom. The minimum atomic E-state index is -0.723. The van der Waals surface area contributed by atoms with Gasteiger partial charge in [-0.15, -0.1) is 0 Å². The molecule has 2 N–H and O–H groups in total. The largest absolute Gasteiger partial charge is 0.480 e. The summed E-state index contributed by atoms with van der Waals surface area (Å²) in [5.74, 6) is -0.228. The van der Waals surface area contributed by atoms with Gasteiger partial charge >= 0.3 is 5.97 Å². The molecular formula is C13H23NO3. The van der Waals surface area contributed by atoms with Crippen LogP contribution in [0.2, 0.25) is 0 Å². The maximum Gasteiger partial charge on any atom is 0.320 e. The van der Waals surface area contributed by atoms with Gasteiger partial charge in [0, 0.05) is 18.5 Å². The van der Waals surface area contributed by atoms with Crippen molar-refractivity contribution in [2.75, 3.05) is 19.7 Å². The van der Waals surface area contributed by atoms with Crippen LogP contribution in [0, 0.1) is 11.3 Å². The van der Waals surface area contributed by atoms with Gasteiger partial charge in [-0.3, -0.25) is 9.69 Å². The Balaban J connectivity index is 2.12. The summed E-state index contributed by atoms with van der Waals surface area (Å²) in [6, 6.07) is -0.371. The predicted octanol–water partition coefficient (Wildman–Crippen LogP) is 1.33. The van der Waals surface area contributed by atoms with Crippen LogP contribution in [0.25, 0.3) is 0 Å². The maximum absolute atomic E-state index is 11.2. The Labute approximate surface area is 103 Å². The Morgan fingerprint density at radius 3 is 2.82 bits per heavy atom. The third-order valence-corrected chi connectivity index (χ3v) is 4.74. The van der Waals surface area contributed by atoms with Gasteiger partial charge in [0.05, 0.1) is 6.61 Å². The van der Waals surface area contributed by atoms with Gasteiger partial charge < -0.3 is 10.2 Å². The summed E-state index contributed by atoms with van der Waals surface area (Å²) in [7, 11) is 0. The number of rotatable bonds is 4. The average Bonchev–Trinajstić information content (AvgIpc) is 2.69. The molecule has 0 aromatic carbocycles. The third kappa shape index (κ3) is 2.20. The molecule has 1 aliphatic heterocycles. The van der Waals surface area contributed by atoms with Crippen LogP contribution in [-0.4, -0.2) is 46.8 Å². The van der Waals surface area contributed by atoms with E-state index in [1.54, 1.807) is 0 Å². The maximum atomic E-state index is 11.2. The van der Waals surface area contributed by atoms with Gasteiger partial charge in [-0.05, 0) is 25.2 Å². The second kappa shape index (κ2) is 4.94. The molecule has 0 amide bonds. The number of carboxylic acids is 1. The zero-order chi connectivity index (χ0) is 12.5. The van der Waals surface area contributed by atoms with Gasteiger partial charge in [0.25, 0.3) is 0 Å². The van der Waals surface area contributed by atoms with E-state index in [1.165, 1.54) is 12.8 Å². The molecular weight excluding hydrogens is 218 g/mol. The highest BCUT2D eigenvalue weighted by atomic mass is 16.4. The molecule has 1 heterocycles. The average molecular weight is 241 g/mol. The molecule has 0 aromatic heterocycles. The number of carbonyl (C=O) groups is 1. The number of hydrogen-bond acceptors (Lipinski definition) is 3. The molecule has 2 fully saturated rings. The van der Waals surface area contributed by atoms with Crippen LogP contribution >= 0.6 is 0 Å². The van der Waals surface area contributed by atoms with Crippen molar-refractivity contribution >= 4 is 5.97 Å². The van der Waals surface area contributed by atoms with E-state index in [0.29, 0.717) is 12.3 Å². The number of fused-ring (bicyclic) bond motifs is 1. The Morgan fingerprint density at radius 2 is 2.29 bits per heavy atom. The summed E-state index contributed by atoms with van der Waals surface area (Å²) in [6.07, 6.45) is 5.25. The van der Waals surface area contributed by atoms with E-state index in [4.69, 9.17) is 0 Å². The lowest BCUT2D eigenvalue weighted by molar-refractivity contribution is -0.143. The summed E-state index contributed by atoms with van der Waals surface area (Å²) in [6.45, 7) is 3.75. The molecule has 1 saturated heterocycles. The Kier molecular flexibility index (Phi) is 3.73. The van der Waals surface area contributed by atoms with Crippen LogP contribution in [0.5, 0.6) is 0 Å². The van der Waals surface area contributed by atoms with E-state index in [9.17, 15) is 15.0 Å². The van der Waals surface area contributed by atoms with Gasteiger partial charge in [0.1, 0.15) is 6.04 Å². The molecule has 0 radical (unpaired) electrons. The Hall–Kier alpha value is -0.610. The van der Waals surface area contributed by atoms with E-state index in [1.807, 2.05) is 6.92 Å². The Bertz CT molecular complexity index is 294. The molecule has 1 saturated carbocycles. The molecule has 4 nitrogen and oxygen atoms in total. The van der Waals surface area contributed by atoms with E-state index >= 15 is 0 Å². The molecule has 98 valence electrons. The van der Waals surface area contributed by atoms with Crippen LogP contribution < -0.4 is 0 Å². The third-order valence-electron chi connectivity index (χ3n) is 4.74. The van der Waals surface area contributed by atoms with Crippen molar-refractivity contribution in [3.8, 4) is 0 Å². The zero-order valence-corrected chi connectivity index (χ0v) is 10.6. The molecule has 0 spiro atoms. The molecule has 17 heavy (non-hydrogen) atoms. The molecule has 4 heteroatoms. The first-order valence-corrected chi connectivity index (χ1v) is 6.70. The fourth-order valence-corrected chi connectivity index (χ4v) is 3.71. The van der Waals surface area contributed by atoms with Gasteiger partial charge in [-0.2, -0.15) is 0 Å².